The molecule has 11 heteroatoms. The number of amides is 1. The molecule has 0 radical (unpaired) electrons. The number of morpholine rings is 1. The van der Waals surface area contributed by atoms with Crippen LogP contribution in [0.5, 0.6) is 0 Å². The zero-order valence-electron chi connectivity index (χ0n) is 23.5. The molecule has 2 saturated heterocycles. The summed E-state index contributed by atoms with van der Waals surface area (Å²) in [5.74, 6) is 0.522. The Morgan fingerprint density at radius 1 is 1.05 bits per heavy atom. The molecule has 2 aromatic carbocycles. The summed E-state index contributed by atoms with van der Waals surface area (Å²) in [5, 5.41) is 3.35. The van der Waals surface area contributed by atoms with Crippen molar-refractivity contribution in [2.24, 2.45) is 5.41 Å². The summed E-state index contributed by atoms with van der Waals surface area (Å²) < 4.78 is 31.3. The van der Waals surface area contributed by atoms with Crippen molar-refractivity contribution in [2.45, 2.75) is 26.2 Å². The van der Waals surface area contributed by atoms with Gasteiger partial charge in [-0.15, -0.1) is 0 Å². The summed E-state index contributed by atoms with van der Waals surface area (Å²) in [6, 6.07) is 17.9. The highest BCUT2D eigenvalue weighted by Gasteiger charge is 2.43. The number of hydrogen-bond donors (Lipinski definition) is 2. The summed E-state index contributed by atoms with van der Waals surface area (Å²) in [6.07, 6.45) is 0.856. The quantitative estimate of drug-likeness (QED) is 0.326. The maximum absolute atomic E-state index is 13.8. The molecule has 0 aliphatic carbocycles. The summed E-state index contributed by atoms with van der Waals surface area (Å²) >= 11 is 0. The molecule has 6 rings (SSSR count). The molecule has 4 aromatic rings. The maximum Gasteiger partial charge on any atom is 0.233 e. The van der Waals surface area contributed by atoms with Gasteiger partial charge in [-0.3, -0.25) is 4.79 Å². The Kier molecular flexibility index (Phi) is 7.96. The lowest BCUT2D eigenvalue weighted by atomic mass is 9.90. The molecule has 42 heavy (non-hydrogen) atoms. The van der Waals surface area contributed by atoms with Gasteiger partial charge in [0.2, 0.25) is 18.1 Å². The van der Waals surface area contributed by atoms with E-state index >= 15 is 0 Å². The molecule has 2 aliphatic rings. The van der Waals surface area contributed by atoms with E-state index in [-0.39, 0.29) is 31.0 Å². The van der Waals surface area contributed by atoms with E-state index in [1.807, 2.05) is 44.2 Å². The number of benzene rings is 2. The Bertz CT molecular complexity index is 1520. The number of aromatic nitrogens is 4. The van der Waals surface area contributed by atoms with Crippen LogP contribution in [0.2, 0.25) is 0 Å². The van der Waals surface area contributed by atoms with Crippen molar-refractivity contribution < 1.29 is 23.4 Å². The number of halogens is 1. The van der Waals surface area contributed by atoms with Gasteiger partial charge in [0, 0.05) is 24.8 Å². The first-order valence-corrected chi connectivity index (χ1v) is 14.0. The predicted molar refractivity (Wildman–Crippen MR) is 154 cm³/mol. The van der Waals surface area contributed by atoms with Crippen LogP contribution in [-0.4, -0.2) is 70.3 Å². The third-order valence-electron chi connectivity index (χ3n) is 7.54. The SMILES string of the molecule is CC(Nc1nccc(-c2[nH]c(C3OCC(C)(C(=O)N4CCOCC4)CO3)nc2-c2ccc(F)cc2)n1)c1ccccc1. The van der Waals surface area contributed by atoms with Crippen LogP contribution < -0.4 is 5.32 Å². The molecule has 1 atom stereocenters. The molecular weight excluding hydrogens is 539 g/mol. The smallest absolute Gasteiger partial charge is 0.233 e. The van der Waals surface area contributed by atoms with Crippen molar-refractivity contribution in [2.75, 3.05) is 44.8 Å². The third-order valence-corrected chi connectivity index (χ3v) is 7.54. The van der Waals surface area contributed by atoms with Crippen molar-refractivity contribution in [3.05, 3.63) is 84.1 Å². The molecule has 10 nitrogen and oxygen atoms in total. The third kappa shape index (κ3) is 5.89. The van der Waals surface area contributed by atoms with Gasteiger partial charge in [0.1, 0.15) is 5.82 Å². The van der Waals surface area contributed by atoms with E-state index in [1.165, 1.54) is 12.1 Å². The molecule has 4 heterocycles. The molecule has 0 saturated carbocycles. The molecule has 2 fully saturated rings. The van der Waals surface area contributed by atoms with Gasteiger partial charge in [-0.05, 0) is 49.7 Å². The number of nitrogens with one attached hydrogen (secondary N) is 2. The van der Waals surface area contributed by atoms with Crippen LogP contribution in [0.3, 0.4) is 0 Å². The van der Waals surface area contributed by atoms with Gasteiger partial charge in [-0.25, -0.2) is 19.3 Å². The summed E-state index contributed by atoms with van der Waals surface area (Å²) in [5.41, 5.74) is 2.76. The van der Waals surface area contributed by atoms with Crippen LogP contribution in [0.4, 0.5) is 10.3 Å². The molecule has 0 spiro atoms. The fourth-order valence-corrected chi connectivity index (χ4v) is 5.13. The zero-order valence-corrected chi connectivity index (χ0v) is 23.5. The summed E-state index contributed by atoms with van der Waals surface area (Å²) in [4.78, 5) is 32.3. The number of imidazole rings is 1. The standard InChI is InChI=1S/C31H33FN6O4/c1-20(21-6-4-3-5-7-21)34-30-33-13-12-24(35-30)26-25(22-8-10-23(32)11-9-22)36-27(37-26)28-41-18-31(2,19-42-28)29(39)38-14-16-40-17-15-38/h3-13,20,28H,14-19H2,1-2H3,(H,36,37)(H,33,34,35). The average molecular weight is 573 g/mol. The molecule has 0 bridgehead atoms. The molecule has 2 aliphatic heterocycles. The van der Waals surface area contributed by atoms with E-state index in [2.05, 4.69) is 15.3 Å². The van der Waals surface area contributed by atoms with Crippen LogP contribution >= 0.6 is 0 Å². The van der Waals surface area contributed by atoms with Crippen molar-refractivity contribution in [1.82, 2.24) is 24.8 Å². The van der Waals surface area contributed by atoms with Crippen LogP contribution in [-0.2, 0) is 19.0 Å². The second kappa shape index (κ2) is 12.0. The van der Waals surface area contributed by atoms with Crippen molar-refractivity contribution >= 4 is 11.9 Å². The topological polar surface area (TPSA) is 114 Å². The number of hydrogen-bond acceptors (Lipinski definition) is 8. The first kappa shape index (κ1) is 28.0. The lowest BCUT2D eigenvalue weighted by molar-refractivity contribution is -0.235. The average Bonchev–Trinajstić information content (AvgIpc) is 3.48. The molecule has 1 unspecified atom stereocenters. The highest BCUT2D eigenvalue weighted by Crippen LogP contribution is 2.36. The number of carbonyl (C=O) groups is 1. The highest BCUT2D eigenvalue weighted by atomic mass is 19.1. The second-order valence-electron chi connectivity index (χ2n) is 10.8. The first-order chi connectivity index (χ1) is 20.4. The van der Waals surface area contributed by atoms with E-state index in [0.29, 0.717) is 60.7 Å². The predicted octanol–water partition coefficient (Wildman–Crippen LogP) is 4.76. The van der Waals surface area contributed by atoms with Gasteiger partial charge in [0.05, 0.1) is 55.0 Å². The number of ether oxygens (including phenoxy) is 3. The number of carbonyl (C=O) groups excluding carboxylic acids is 1. The Labute approximate surface area is 243 Å². The van der Waals surface area contributed by atoms with Gasteiger partial charge in [-0.1, -0.05) is 30.3 Å². The van der Waals surface area contributed by atoms with Crippen LogP contribution in [0, 0.1) is 11.2 Å². The number of nitrogens with zero attached hydrogens (tertiary/aromatic N) is 4. The Morgan fingerprint density at radius 2 is 1.76 bits per heavy atom. The number of H-pyrrole nitrogens is 1. The molecular formula is C31H33FN6O4. The largest absolute Gasteiger partial charge is 0.378 e. The maximum atomic E-state index is 13.8. The van der Waals surface area contributed by atoms with Gasteiger partial charge < -0.3 is 29.4 Å². The van der Waals surface area contributed by atoms with Gasteiger partial charge in [0.15, 0.2) is 5.82 Å². The van der Waals surface area contributed by atoms with Gasteiger partial charge >= 0.3 is 0 Å². The van der Waals surface area contributed by atoms with Crippen molar-refractivity contribution in [1.29, 1.82) is 0 Å². The van der Waals surface area contributed by atoms with Crippen LogP contribution in [0.15, 0.2) is 66.9 Å². The monoisotopic (exact) mass is 572 g/mol. The Hall–Kier alpha value is -4.19. The summed E-state index contributed by atoms with van der Waals surface area (Å²) in [6.45, 7) is 6.41. The lowest BCUT2D eigenvalue weighted by Gasteiger charge is -2.39. The minimum Gasteiger partial charge on any atom is -0.378 e. The second-order valence-corrected chi connectivity index (χ2v) is 10.8. The van der Waals surface area contributed by atoms with Crippen molar-refractivity contribution in [3.63, 3.8) is 0 Å². The number of rotatable bonds is 7. The number of anilines is 1. The van der Waals surface area contributed by atoms with Gasteiger partial charge in [-0.2, -0.15) is 0 Å². The van der Waals surface area contributed by atoms with E-state index in [9.17, 15) is 9.18 Å². The summed E-state index contributed by atoms with van der Waals surface area (Å²) in [7, 11) is 0. The fraction of sp³-hybridized carbons (Fsp3) is 0.355. The number of aromatic amines is 1. The molecule has 2 aromatic heterocycles. The van der Waals surface area contributed by atoms with Gasteiger partial charge in [0.25, 0.3) is 0 Å². The van der Waals surface area contributed by atoms with E-state index in [0.717, 1.165) is 5.56 Å². The molecule has 2 N–H and O–H groups in total. The fourth-order valence-electron chi connectivity index (χ4n) is 5.13. The minimum atomic E-state index is -0.818. The highest BCUT2D eigenvalue weighted by molar-refractivity contribution is 5.83. The normalized spacial score (nSPS) is 21.6. The Morgan fingerprint density at radius 3 is 2.48 bits per heavy atom. The minimum absolute atomic E-state index is 0.0119. The zero-order chi connectivity index (χ0) is 29.1. The lowest BCUT2D eigenvalue weighted by Crippen LogP contribution is -2.53. The van der Waals surface area contributed by atoms with E-state index < -0.39 is 11.7 Å². The molecule has 218 valence electrons. The Balaban J connectivity index is 1.26. The van der Waals surface area contributed by atoms with E-state index in [1.54, 1.807) is 29.3 Å². The van der Waals surface area contributed by atoms with Crippen LogP contribution in [0.1, 0.15) is 37.6 Å². The van der Waals surface area contributed by atoms with Crippen LogP contribution in [0.25, 0.3) is 22.6 Å². The molecule has 1 amide bonds. The van der Waals surface area contributed by atoms with Crippen molar-refractivity contribution in [3.8, 4) is 22.6 Å². The van der Waals surface area contributed by atoms with E-state index in [4.69, 9.17) is 24.2 Å². The first-order valence-electron chi connectivity index (χ1n) is 14.0.